The third-order valence-electron chi connectivity index (χ3n) is 5.80. The molecule has 33 heavy (non-hydrogen) atoms. The Morgan fingerprint density at radius 3 is 2.61 bits per heavy atom. The topological polar surface area (TPSA) is 88.4 Å². The van der Waals surface area contributed by atoms with Crippen LogP contribution in [0.15, 0.2) is 59.8 Å². The second-order valence-electron chi connectivity index (χ2n) is 7.87. The first kappa shape index (κ1) is 20.8. The fourth-order valence-corrected chi connectivity index (χ4v) is 4.18. The molecule has 0 unspecified atom stereocenters. The summed E-state index contributed by atoms with van der Waals surface area (Å²) in [6, 6.07) is 15.2. The number of hydrogen-bond acceptors (Lipinski definition) is 6. The third kappa shape index (κ3) is 3.64. The lowest BCUT2D eigenvalue weighted by Gasteiger charge is -2.24. The Morgan fingerprint density at radius 1 is 1.12 bits per heavy atom. The lowest BCUT2D eigenvalue weighted by Crippen LogP contribution is -2.30. The summed E-state index contributed by atoms with van der Waals surface area (Å²) in [7, 11) is 0. The highest BCUT2D eigenvalue weighted by atomic mass is 19.1. The van der Waals surface area contributed by atoms with Crippen LogP contribution in [-0.4, -0.2) is 29.4 Å². The van der Waals surface area contributed by atoms with E-state index in [1.807, 2.05) is 24.3 Å². The maximum Gasteiger partial charge on any atom is 0.281 e. The van der Waals surface area contributed by atoms with E-state index in [1.54, 1.807) is 18.2 Å². The van der Waals surface area contributed by atoms with Crippen molar-refractivity contribution in [1.29, 1.82) is 0 Å². The first-order chi connectivity index (χ1) is 16.0. The molecule has 166 valence electrons. The Kier molecular flexibility index (Phi) is 5.14. The van der Waals surface area contributed by atoms with Gasteiger partial charge in [0, 0.05) is 22.3 Å². The normalized spacial score (nSPS) is 15.9. The Morgan fingerprint density at radius 2 is 1.88 bits per heavy atom. The molecule has 0 spiro atoms. The molecule has 7 nitrogen and oxygen atoms in total. The standard InChI is InChI=1S/C25H19FN2O5/c1-14(29)15-2-4-16(5-3-15)17-6-7-21-22(10-17)28(25(30)23(21)27-31)11-18-8-20(26)9-19-12-32-13-33-24(18)19/h2-10,31H,11-13H2,1H3/b27-23-. The number of oxime groups is 1. The van der Waals surface area contributed by atoms with Crippen LogP contribution in [0, 0.1) is 5.82 Å². The van der Waals surface area contributed by atoms with Gasteiger partial charge >= 0.3 is 0 Å². The highest BCUT2D eigenvalue weighted by Gasteiger charge is 2.36. The minimum absolute atomic E-state index is 0.0255. The van der Waals surface area contributed by atoms with Gasteiger partial charge in [0.05, 0.1) is 18.8 Å². The minimum atomic E-state index is -0.498. The van der Waals surface area contributed by atoms with Crippen LogP contribution in [0.1, 0.15) is 34.0 Å². The maximum atomic E-state index is 14.2. The molecule has 1 amide bonds. The quantitative estimate of drug-likeness (QED) is 0.367. The van der Waals surface area contributed by atoms with Gasteiger partial charge < -0.3 is 19.6 Å². The largest absolute Gasteiger partial charge is 0.467 e. The lowest BCUT2D eigenvalue weighted by atomic mass is 10.00. The van der Waals surface area contributed by atoms with Crippen molar-refractivity contribution in [3.63, 3.8) is 0 Å². The molecule has 2 aliphatic rings. The number of ketones is 1. The van der Waals surface area contributed by atoms with Crippen LogP contribution >= 0.6 is 0 Å². The molecule has 0 atom stereocenters. The zero-order valence-electron chi connectivity index (χ0n) is 17.7. The fourth-order valence-electron chi connectivity index (χ4n) is 4.18. The number of anilines is 1. The van der Waals surface area contributed by atoms with Crippen LogP contribution < -0.4 is 9.64 Å². The zero-order valence-corrected chi connectivity index (χ0v) is 17.7. The first-order valence-corrected chi connectivity index (χ1v) is 10.3. The second-order valence-corrected chi connectivity index (χ2v) is 7.87. The molecule has 0 saturated heterocycles. The average Bonchev–Trinajstić information content (AvgIpc) is 3.08. The number of ether oxygens (including phenoxy) is 2. The van der Waals surface area contributed by atoms with E-state index in [2.05, 4.69) is 5.16 Å². The minimum Gasteiger partial charge on any atom is -0.467 e. The molecule has 3 aromatic carbocycles. The van der Waals surface area contributed by atoms with Crippen LogP contribution in [0.3, 0.4) is 0 Å². The van der Waals surface area contributed by atoms with Crippen molar-refractivity contribution in [3.8, 4) is 16.9 Å². The molecule has 2 aliphatic heterocycles. The summed E-state index contributed by atoms with van der Waals surface area (Å²) in [5.41, 5.74) is 4.25. The zero-order chi connectivity index (χ0) is 23.1. The van der Waals surface area contributed by atoms with E-state index in [-0.39, 0.29) is 31.4 Å². The van der Waals surface area contributed by atoms with Crippen LogP contribution in [0.4, 0.5) is 10.1 Å². The Bertz CT molecular complexity index is 1320. The van der Waals surface area contributed by atoms with Crippen molar-refractivity contribution >= 4 is 23.1 Å². The number of halogens is 1. The monoisotopic (exact) mass is 446 g/mol. The molecule has 0 fully saturated rings. The Hall–Kier alpha value is -4.04. The summed E-state index contributed by atoms with van der Waals surface area (Å²) >= 11 is 0. The van der Waals surface area contributed by atoms with Crippen LogP contribution in [0.5, 0.6) is 5.75 Å². The SMILES string of the molecule is CC(=O)c1ccc(-c2ccc3c(c2)N(Cc2cc(F)cc4c2OCOC4)C(=O)/C3=N\O)cc1. The smallest absolute Gasteiger partial charge is 0.281 e. The molecule has 5 rings (SSSR count). The van der Waals surface area contributed by atoms with Crippen LogP contribution in [0.25, 0.3) is 11.1 Å². The van der Waals surface area contributed by atoms with Gasteiger partial charge in [-0.2, -0.15) is 0 Å². The number of nitrogens with zero attached hydrogens (tertiary/aromatic N) is 2. The molecule has 0 aliphatic carbocycles. The molecule has 2 heterocycles. The van der Waals surface area contributed by atoms with Crippen molar-refractivity contribution in [2.45, 2.75) is 20.1 Å². The summed E-state index contributed by atoms with van der Waals surface area (Å²) in [6.45, 7) is 1.79. The molecule has 0 bridgehead atoms. The predicted molar refractivity (Wildman–Crippen MR) is 118 cm³/mol. The number of rotatable bonds is 4. The highest BCUT2D eigenvalue weighted by molar-refractivity contribution is 6.54. The molecule has 1 N–H and O–H groups in total. The van der Waals surface area contributed by atoms with Crippen LogP contribution in [0.2, 0.25) is 0 Å². The van der Waals surface area contributed by atoms with E-state index in [9.17, 15) is 19.2 Å². The van der Waals surface area contributed by atoms with Crippen molar-refractivity contribution in [2.75, 3.05) is 11.7 Å². The summed E-state index contributed by atoms with van der Waals surface area (Å²) in [4.78, 5) is 26.1. The molecule has 8 heteroatoms. The summed E-state index contributed by atoms with van der Waals surface area (Å²) in [5, 5.41) is 12.7. The van der Waals surface area contributed by atoms with E-state index in [1.165, 1.54) is 24.0 Å². The van der Waals surface area contributed by atoms with E-state index >= 15 is 0 Å². The van der Waals surface area contributed by atoms with Gasteiger partial charge in [0.15, 0.2) is 18.3 Å². The van der Waals surface area contributed by atoms with Gasteiger partial charge in [-0.1, -0.05) is 35.5 Å². The van der Waals surface area contributed by atoms with Gasteiger partial charge in [0.25, 0.3) is 5.91 Å². The Balaban J connectivity index is 1.56. The predicted octanol–water partition coefficient (Wildman–Crippen LogP) is 4.29. The van der Waals surface area contributed by atoms with Crippen molar-refractivity contribution in [2.24, 2.45) is 5.16 Å². The molecular formula is C25H19FN2O5. The highest BCUT2D eigenvalue weighted by Crippen LogP contribution is 2.37. The molecule has 3 aromatic rings. The van der Waals surface area contributed by atoms with Gasteiger partial charge in [0.2, 0.25) is 0 Å². The molecule has 0 aromatic heterocycles. The van der Waals surface area contributed by atoms with Crippen molar-refractivity contribution in [1.82, 2.24) is 0 Å². The van der Waals surface area contributed by atoms with Gasteiger partial charge in [0.1, 0.15) is 11.6 Å². The Labute approximate surface area is 188 Å². The number of carbonyl (C=O) groups is 2. The van der Waals surface area contributed by atoms with Crippen molar-refractivity contribution < 1.29 is 28.7 Å². The van der Waals surface area contributed by atoms with Crippen LogP contribution in [-0.2, 0) is 22.7 Å². The van der Waals surface area contributed by atoms with Gasteiger partial charge in [-0.25, -0.2) is 4.39 Å². The molecular weight excluding hydrogens is 427 g/mol. The van der Waals surface area contributed by atoms with E-state index in [4.69, 9.17) is 9.47 Å². The lowest BCUT2D eigenvalue weighted by molar-refractivity contribution is -0.112. The van der Waals surface area contributed by atoms with E-state index in [0.717, 1.165) is 11.1 Å². The number of hydrogen-bond donors (Lipinski definition) is 1. The van der Waals surface area contributed by atoms with Gasteiger partial charge in [-0.05, 0) is 42.3 Å². The van der Waals surface area contributed by atoms with E-state index in [0.29, 0.717) is 33.7 Å². The first-order valence-electron chi connectivity index (χ1n) is 10.3. The molecule has 0 radical (unpaired) electrons. The summed E-state index contributed by atoms with van der Waals surface area (Å²) < 4.78 is 25.1. The summed E-state index contributed by atoms with van der Waals surface area (Å²) in [6.07, 6.45) is 0. The number of fused-ring (bicyclic) bond motifs is 2. The average molecular weight is 446 g/mol. The number of carbonyl (C=O) groups excluding carboxylic acids is 2. The molecule has 0 saturated carbocycles. The third-order valence-corrected chi connectivity index (χ3v) is 5.80. The van der Waals surface area contributed by atoms with Crippen molar-refractivity contribution in [3.05, 3.63) is 82.7 Å². The van der Waals surface area contributed by atoms with E-state index < -0.39 is 11.7 Å². The van der Waals surface area contributed by atoms with Gasteiger partial charge in [-0.3, -0.25) is 9.59 Å². The second kappa shape index (κ2) is 8.14. The maximum absolute atomic E-state index is 14.2. The fraction of sp³-hybridized carbons (Fsp3) is 0.160. The number of benzene rings is 3. The van der Waals surface area contributed by atoms with Gasteiger partial charge in [-0.15, -0.1) is 0 Å². The number of amides is 1. The summed E-state index contributed by atoms with van der Waals surface area (Å²) in [5.74, 6) is -0.494. The number of Topliss-reactive ketones (excluding diaryl/α,β-unsaturated/α-hetero) is 1.